The third-order valence-corrected chi connectivity index (χ3v) is 7.14. The van der Waals surface area contributed by atoms with Gasteiger partial charge in [0.05, 0.1) is 16.5 Å². The zero-order valence-electron chi connectivity index (χ0n) is 13.8. The molecule has 2 aromatic heterocycles. The van der Waals surface area contributed by atoms with Gasteiger partial charge in [-0.05, 0) is 19.9 Å². The molecule has 1 aliphatic heterocycles. The molecule has 0 saturated heterocycles. The summed E-state index contributed by atoms with van der Waals surface area (Å²) in [5.41, 5.74) is 0.849. The summed E-state index contributed by atoms with van der Waals surface area (Å²) in [7, 11) is -3.31. The van der Waals surface area contributed by atoms with Gasteiger partial charge in [-0.1, -0.05) is 0 Å². The van der Waals surface area contributed by atoms with Crippen LogP contribution in [-0.4, -0.2) is 40.4 Å². The molecule has 0 spiro atoms. The normalized spacial score (nSPS) is 15.2. The first kappa shape index (κ1) is 17.8. The van der Waals surface area contributed by atoms with Crippen LogP contribution in [0.3, 0.4) is 0 Å². The fraction of sp³-hybridized carbons (Fsp3) is 0.400. The maximum absolute atomic E-state index is 12.3. The van der Waals surface area contributed by atoms with Crippen molar-refractivity contribution in [1.29, 1.82) is 0 Å². The molecule has 134 valence electrons. The van der Waals surface area contributed by atoms with Crippen LogP contribution in [0, 0.1) is 0 Å². The van der Waals surface area contributed by atoms with E-state index in [-0.39, 0.29) is 18.0 Å². The summed E-state index contributed by atoms with van der Waals surface area (Å²) in [6.07, 6.45) is 1.86. The molecule has 25 heavy (non-hydrogen) atoms. The van der Waals surface area contributed by atoms with E-state index in [2.05, 4.69) is 15.3 Å². The molecule has 1 amide bonds. The number of anilines is 1. The van der Waals surface area contributed by atoms with Crippen molar-refractivity contribution in [2.75, 3.05) is 11.9 Å². The first-order valence-electron chi connectivity index (χ1n) is 7.75. The van der Waals surface area contributed by atoms with Crippen molar-refractivity contribution in [2.45, 2.75) is 32.1 Å². The maximum atomic E-state index is 12.3. The van der Waals surface area contributed by atoms with Gasteiger partial charge in [0.2, 0.25) is 15.6 Å². The van der Waals surface area contributed by atoms with E-state index in [0.717, 1.165) is 10.6 Å². The van der Waals surface area contributed by atoms with Crippen molar-refractivity contribution in [3.8, 4) is 0 Å². The Morgan fingerprint density at radius 1 is 1.40 bits per heavy atom. The van der Waals surface area contributed by atoms with Crippen LogP contribution in [0.15, 0.2) is 23.1 Å². The van der Waals surface area contributed by atoms with E-state index in [4.69, 9.17) is 0 Å². The topological polar surface area (TPSA) is 112 Å². The van der Waals surface area contributed by atoms with Crippen LogP contribution in [0.1, 0.15) is 34.8 Å². The highest BCUT2D eigenvalue weighted by atomic mass is 32.2. The highest BCUT2D eigenvalue weighted by molar-refractivity contribution is 7.89. The number of aromatic nitrogens is 2. The van der Waals surface area contributed by atoms with Crippen molar-refractivity contribution < 1.29 is 13.2 Å². The summed E-state index contributed by atoms with van der Waals surface area (Å²) < 4.78 is 26.1. The van der Waals surface area contributed by atoms with Crippen molar-refractivity contribution in [1.82, 2.24) is 14.3 Å². The van der Waals surface area contributed by atoms with E-state index < -0.39 is 15.3 Å². The van der Waals surface area contributed by atoms with E-state index in [1.54, 1.807) is 13.8 Å². The minimum Gasteiger partial charge on any atom is -0.328 e. The van der Waals surface area contributed by atoms with Gasteiger partial charge in [-0.2, -0.15) is 4.31 Å². The van der Waals surface area contributed by atoms with E-state index in [1.807, 2.05) is 0 Å². The molecule has 0 aliphatic carbocycles. The third kappa shape index (κ3) is 3.65. The number of nitrogens with one attached hydrogen (secondary N) is 2. The Morgan fingerprint density at radius 3 is 2.80 bits per heavy atom. The first-order chi connectivity index (χ1) is 11.8. The minimum absolute atomic E-state index is 0.280. The number of carbonyl (C=O) groups is 1. The fourth-order valence-corrected chi connectivity index (χ4v) is 4.81. The summed E-state index contributed by atoms with van der Waals surface area (Å²) in [6, 6.07) is 2.70. The average Bonchev–Trinajstić information content (AvgIpc) is 2.96. The van der Waals surface area contributed by atoms with Crippen LogP contribution in [0.5, 0.6) is 0 Å². The number of aromatic amines is 1. The third-order valence-electron chi connectivity index (χ3n) is 3.92. The average molecular weight is 382 g/mol. The number of fused-ring (bicyclic) bond motifs is 1. The Hall–Kier alpha value is -2.04. The maximum Gasteiger partial charge on any atom is 0.258 e. The van der Waals surface area contributed by atoms with Gasteiger partial charge in [-0.25, -0.2) is 13.4 Å². The second kappa shape index (κ2) is 6.70. The summed E-state index contributed by atoms with van der Waals surface area (Å²) in [6.45, 7) is 3.99. The van der Waals surface area contributed by atoms with Crippen LogP contribution < -0.4 is 10.9 Å². The highest BCUT2D eigenvalue weighted by Crippen LogP contribution is 2.30. The standard InChI is InChI=1S/C15H18N4O4S2/c1-9(2)25(22,23)19-6-5-11-12(8-19)24-15(17-11)18-14(21)10-3-4-13(20)16-7-10/h3-4,7,9H,5-6,8H2,1-2H3,(H,16,20)(H,17,18,21). The summed E-state index contributed by atoms with van der Waals surface area (Å²) >= 11 is 1.27. The molecule has 3 rings (SSSR count). The van der Waals surface area contributed by atoms with Crippen LogP contribution in [0.2, 0.25) is 0 Å². The van der Waals surface area contributed by atoms with Crippen molar-refractivity contribution >= 4 is 32.4 Å². The Kier molecular flexibility index (Phi) is 4.76. The molecule has 0 bridgehead atoms. The molecule has 8 nitrogen and oxygen atoms in total. The Morgan fingerprint density at radius 2 is 2.16 bits per heavy atom. The summed E-state index contributed by atoms with van der Waals surface area (Å²) in [4.78, 5) is 30.9. The number of sulfonamides is 1. The minimum atomic E-state index is -3.31. The van der Waals surface area contributed by atoms with Gasteiger partial charge in [0, 0.05) is 36.7 Å². The Bertz CT molecular complexity index is 942. The first-order valence-corrected chi connectivity index (χ1v) is 10.1. The Balaban J connectivity index is 1.75. The molecular weight excluding hydrogens is 364 g/mol. The number of carbonyl (C=O) groups excluding carboxylic acids is 1. The Labute approximate surface area is 149 Å². The lowest BCUT2D eigenvalue weighted by Gasteiger charge is -2.26. The predicted octanol–water partition coefficient (Wildman–Crippen LogP) is 1.18. The number of nitrogens with zero attached hydrogens (tertiary/aromatic N) is 2. The molecule has 0 atom stereocenters. The molecule has 10 heteroatoms. The largest absolute Gasteiger partial charge is 0.328 e. The number of hydrogen-bond donors (Lipinski definition) is 2. The zero-order valence-corrected chi connectivity index (χ0v) is 15.4. The van der Waals surface area contributed by atoms with Gasteiger partial charge in [0.15, 0.2) is 5.13 Å². The second-order valence-corrected chi connectivity index (χ2v) is 9.53. The van der Waals surface area contributed by atoms with E-state index in [9.17, 15) is 18.0 Å². The molecule has 0 radical (unpaired) electrons. The molecular formula is C15H18N4O4S2. The number of thiazole rings is 1. The number of pyridine rings is 1. The number of hydrogen-bond acceptors (Lipinski definition) is 6. The van der Waals surface area contributed by atoms with E-state index in [0.29, 0.717) is 23.7 Å². The van der Waals surface area contributed by atoms with Gasteiger partial charge < -0.3 is 4.98 Å². The quantitative estimate of drug-likeness (QED) is 0.825. The lowest BCUT2D eigenvalue weighted by molar-refractivity contribution is 0.102. The van der Waals surface area contributed by atoms with E-state index >= 15 is 0 Å². The van der Waals surface area contributed by atoms with Crippen molar-refractivity contribution in [3.63, 3.8) is 0 Å². The lowest BCUT2D eigenvalue weighted by atomic mass is 10.2. The monoisotopic (exact) mass is 382 g/mol. The molecule has 0 saturated carbocycles. The van der Waals surface area contributed by atoms with Gasteiger partial charge in [-0.15, -0.1) is 11.3 Å². The molecule has 2 aromatic rings. The van der Waals surface area contributed by atoms with Gasteiger partial charge in [0.25, 0.3) is 5.91 Å². The van der Waals surface area contributed by atoms with Crippen LogP contribution >= 0.6 is 11.3 Å². The highest BCUT2D eigenvalue weighted by Gasteiger charge is 2.31. The van der Waals surface area contributed by atoms with Crippen LogP contribution in [0.4, 0.5) is 5.13 Å². The molecule has 0 fully saturated rings. The number of H-pyrrole nitrogens is 1. The van der Waals surface area contributed by atoms with Crippen LogP contribution in [0.25, 0.3) is 0 Å². The number of amides is 1. The van der Waals surface area contributed by atoms with Crippen molar-refractivity contribution in [2.24, 2.45) is 0 Å². The smallest absolute Gasteiger partial charge is 0.258 e. The molecule has 1 aliphatic rings. The SMILES string of the molecule is CC(C)S(=O)(=O)N1CCc2nc(NC(=O)c3ccc(=O)[nH]c3)sc2C1. The predicted molar refractivity (Wildman–Crippen MR) is 95.3 cm³/mol. The summed E-state index contributed by atoms with van der Waals surface area (Å²) in [5, 5.41) is 2.64. The molecule has 3 heterocycles. The molecule has 0 aromatic carbocycles. The van der Waals surface area contributed by atoms with Gasteiger partial charge in [0.1, 0.15) is 0 Å². The fourth-order valence-electron chi connectivity index (χ4n) is 2.46. The number of rotatable bonds is 4. The van der Waals surface area contributed by atoms with Gasteiger partial charge >= 0.3 is 0 Å². The van der Waals surface area contributed by atoms with Crippen molar-refractivity contribution in [3.05, 3.63) is 44.8 Å². The van der Waals surface area contributed by atoms with Crippen LogP contribution in [-0.2, 0) is 23.0 Å². The summed E-state index contributed by atoms with van der Waals surface area (Å²) in [5.74, 6) is -0.381. The lowest BCUT2D eigenvalue weighted by Crippen LogP contribution is -2.39. The molecule has 0 unspecified atom stereocenters. The van der Waals surface area contributed by atoms with E-state index in [1.165, 1.54) is 34.0 Å². The van der Waals surface area contributed by atoms with Gasteiger partial charge in [-0.3, -0.25) is 14.9 Å². The second-order valence-electron chi connectivity index (χ2n) is 5.96. The molecule has 2 N–H and O–H groups in total. The zero-order chi connectivity index (χ0) is 18.2.